The number of hydrogen-bond acceptors (Lipinski definition) is 2. The van der Waals surface area contributed by atoms with Crippen molar-refractivity contribution in [1.82, 2.24) is 0 Å². The van der Waals surface area contributed by atoms with E-state index in [2.05, 4.69) is 13.2 Å². The molecule has 0 saturated carbocycles. The van der Waals surface area contributed by atoms with Crippen LogP contribution in [-0.4, -0.2) is 5.12 Å². The molecule has 0 aromatic carbocycles. The molecule has 1 aliphatic rings. The van der Waals surface area contributed by atoms with E-state index in [0.717, 1.165) is 10.5 Å². The van der Waals surface area contributed by atoms with Crippen LogP contribution < -0.4 is 0 Å². The van der Waals surface area contributed by atoms with Crippen LogP contribution in [0.25, 0.3) is 0 Å². The van der Waals surface area contributed by atoms with Crippen LogP contribution in [-0.2, 0) is 4.79 Å². The fourth-order valence-electron chi connectivity index (χ4n) is 0.812. The van der Waals surface area contributed by atoms with Gasteiger partial charge in [0.1, 0.15) is 0 Å². The van der Waals surface area contributed by atoms with Crippen molar-refractivity contribution in [3.05, 3.63) is 35.8 Å². The van der Waals surface area contributed by atoms with Gasteiger partial charge in [0.05, 0.1) is 0 Å². The van der Waals surface area contributed by atoms with Crippen molar-refractivity contribution < 1.29 is 4.79 Å². The Balaban J connectivity index is 2.90. The third-order valence-corrected chi connectivity index (χ3v) is 2.33. The molecule has 0 fully saturated rings. The monoisotopic (exact) mass is 152 g/mol. The van der Waals surface area contributed by atoms with E-state index in [1.807, 2.05) is 0 Å². The van der Waals surface area contributed by atoms with Gasteiger partial charge >= 0.3 is 0 Å². The van der Waals surface area contributed by atoms with Gasteiger partial charge in [0.15, 0.2) is 5.12 Å². The standard InChI is InChI=1S/C8H8OS/c1-3-6-5-8(9)10-7(6)4-2/h3-4H,1-2,5H2. The van der Waals surface area contributed by atoms with Crippen molar-refractivity contribution in [2.45, 2.75) is 6.42 Å². The Morgan fingerprint density at radius 3 is 2.50 bits per heavy atom. The van der Waals surface area contributed by atoms with E-state index in [4.69, 9.17) is 0 Å². The Morgan fingerprint density at radius 1 is 1.40 bits per heavy atom. The maximum Gasteiger partial charge on any atom is 0.198 e. The van der Waals surface area contributed by atoms with Crippen LogP contribution in [0.4, 0.5) is 0 Å². The van der Waals surface area contributed by atoms with Crippen molar-refractivity contribution in [2.24, 2.45) is 0 Å². The highest BCUT2D eigenvalue weighted by molar-refractivity contribution is 8.17. The highest BCUT2D eigenvalue weighted by Crippen LogP contribution is 2.33. The largest absolute Gasteiger partial charge is 0.286 e. The van der Waals surface area contributed by atoms with E-state index in [9.17, 15) is 4.79 Å². The molecule has 52 valence electrons. The minimum Gasteiger partial charge on any atom is -0.286 e. The highest BCUT2D eigenvalue weighted by Gasteiger charge is 2.17. The molecule has 1 aliphatic heterocycles. The fourth-order valence-corrected chi connectivity index (χ4v) is 1.66. The summed E-state index contributed by atoms with van der Waals surface area (Å²) in [6.07, 6.45) is 3.93. The summed E-state index contributed by atoms with van der Waals surface area (Å²) in [5.41, 5.74) is 1.00. The summed E-state index contributed by atoms with van der Waals surface area (Å²) in [6.45, 7) is 7.20. The lowest BCUT2D eigenvalue weighted by Crippen LogP contribution is -1.81. The van der Waals surface area contributed by atoms with E-state index >= 15 is 0 Å². The predicted molar refractivity (Wildman–Crippen MR) is 44.6 cm³/mol. The smallest absolute Gasteiger partial charge is 0.198 e. The molecule has 0 unspecified atom stereocenters. The van der Waals surface area contributed by atoms with Crippen LogP contribution >= 0.6 is 11.8 Å². The SMILES string of the molecule is C=CC1=C(C=C)SC(=O)C1. The molecule has 0 spiro atoms. The first-order chi connectivity index (χ1) is 4.77. The minimum atomic E-state index is 0.185. The third kappa shape index (κ3) is 1.21. The summed E-state index contributed by atoms with van der Waals surface area (Å²) < 4.78 is 0. The second-order valence-electron chi connectivity index (χ2n) is 1.95. The van der Waals surface area contributed by atoms with Crippen molar-refractivity contribution in [1.29, 1.82) is 0 Å². The van der Waals surface area contributed by atoms with Gasteiger partial charge in [-0.2, -0.15) is 0 Å². The maximum absolute atomic E-state index is 10.8. The Hall–Kier alpha value is -0.760. The lowest BCUT2D eigenvalue weighted by Gasteiger charge is -1.89. The van der Waals surface area contributed by atoms with E-state index in [1.165, 1.54) is 11.8 Å². The lowest BCUT2D eigenvalue weighted by atomic mass is 10.2. The average Bonchev–Trinajstić information content (AvgIpc) is 2.30. The molecule has 0 aliphatic carbocycles. The molecular weight excluding hydrogens is 144 g/mol. The number of thioether (sulfide) groups is 1. The van der Waals surface area contributed by atoms with Gasteiger partial charge in [-0.25, -0.2) is 0 Å². The second kappa shape index (κ2) is 2.88. The van der Waals surface area contributed by atoms with Crippen molar-refractivity contribution in [3.63, 3.8) is 0 Å². The maximum atomic E-state index is 10.8. The van der Waals surface area contributed by atoms with Crippen LogP contribution in [0.1, 0.15) is 6.42 Å². The number of carbonyl (C=O) groups is 1. The molecule has 0 bridgehead atoms. The molecule has 10 heavy (non-hydrogen) atoms. The van der Waals surface area contributed by atoms with Crippen LogP contribution in [0.5, 0.6) is 0 Å². The molecular formula is C8H8OS. The number of carbonyl (C=O) groups excluding carboxylic acids is 1. The summed E-state index contributed by atoms with van der Waals surface area (Å²) in [5.74, 6) is 0. The average molecular weight is 152 g/mol. The fraction of sp³-hybridized carbons (Fsp3) is 0.125. The molecule has 0 amide bonds. The Labute approximate surface area is 64.5 Å². The van der Waals surface area contributed by atoms with Crippen molar-refractivity contribution in [2.75, 3.05) is 0 Å². The van der Waals surface area contributed by atoms with Gasteiger partial charge in [0, 0.05) is 11.3 Å². The quantitative estimate of drug-likeness (QED) is 0.603. The van der Waals surface area contributed by atoms with Crippen molar-refractivity contribution in [3.8, 4) is 0 Å². The Morgan fingerprint density at radius 2 is 2.10 bits per heavy atom. The van der Waals surface area contributed by atoms with Gasteiger partial charge in [-0.1, -0.05) is 37.1 Å². The molecule has 2 heteroatoms. The molecule has 1 rings (SSSR count). The van der Waals surface area contributed by atoms with Gasteiger partial charge < -0.3 is 0 Å². The number of hydrogen-bond donors (Lipinski definition) is 0. The zero-order valence-electron chi connectivity index (χ0n) is 5.59. The predicted octanol–water partition coefficient (Wildman–Crippen LogP) is 2.28. The number of allylic oxidation sites excluding steroid dienone is 3. The van der Waals surface area contributed by atoms with Crippen LogP contribution in [0.3, 0.4) is 0 Å². The van der Waals surface area contributed by atoms with E-state index in [-0.39, 0.29) is 5.12 Å². The van der Waals surface area contributed by atoms with Gasteiger partial charge in [-0.05, 0) is 5.57 Å². The van der Waals surface area contributed by atoms with Gasteiger partial charge in [0.25, 0.3) is 0 Å². The zero-order valence-corrected chi connectivity index (χ0v) is 6.41. The minimum absolute atomic E-state index is 0.185. The lowest BCUT2D eigenvalue weighted by molar-refractivity contribution is -0.110. The Bertz CT molecular complexity index is 203. The zero-order chi connectivity index (χ0) is 7.56. The molecule has 0 aromatic heterocycles. The van der Waals surface area contributed by atoms with E-state index < -0.39 is 0 Å². The molecule has 0 aromatic rings. The first-order valence-electron chi connectivity index (χ1n) is 2.96. The third-order valence-electron chi connectivity index (χ3n) is 1.31. The van der Waals surface area contributed by atoms with Crippen LogP contribution in [0, 0.1) is 0 Å². The summed E-state index contributed by atoms with van der Waals surface area (Å²) in [6, 6.07) is 0. The summed E-state index contributed by atoms with van der Waals surface area (Å²) in [5, 5.41) is 0.185. The Kier molecular flexibility index (Phi) is 2.12. The first kappa shape index (κ1) is 7.35. The molecule has 0 radical (unpaired) electrons. The normalized spacial score (nSPS) is 17.8. The molecule has 0 atom stereocenters. The molecule has 1 heterocycles. The number of rotatable bonds is 2. The van der Waals surface area contributed by atoms with E-state index in [1.54, 1.807) is 12.2 Å². The van der Waals surface area contributed by atoms with Gasteiger partial charge in [-0.3, -0.25) is 4.79 Å². The highest BCUT2D eigenvalue weighted by atomic mass is 32.2. The summed E-state index contributed by atoms with van der Waals surface area (Å²) >= 11 is 1.25. The molecule has 0 saturated heterocycles. The summed E-state index contributed by atoms with van der Waals surface area (Å²) in [7, 11) is 0. The van der Waals surface area contributed by atoms with Gasteiger partial charge in [-0.15, -0.1) is 0 Å². The van der Waals surface area contributed by atoms with Crippen molar-refractivity contribution >= 4 is 16.9 Å². The second-order valence-corrected chi connectivity index (χ2v) is 3.05. The van der Waals surface area contributed by atoms with E-state index in [0.29, 0.717) is 6.42 Å². The van der Waals surface area contributed by atoms with Gasteiger partial charge in [0.2, 0.25) is 0 Å². The molecule has 1 nitrogen and oxygen atoms in total. The topological polar surface area (TPSA) is 17.1 Å². The van der Waals surface area contributed by atoms with Crippen LogP contribution in [0.2, 0.25) is 0 Å². The summed E-state index contributed by atoms with van der Waals surface area (Å²) in [4.78, 5) is 11.8. The van der Waals surface area contributed by atoms with Crippen LogP contribution in [0.15, 0.2) is 35.8 Å². The molecule has 0 N–H and O–H groups in total. The first-order valence-corrected chi connectivity index (χ1v) is 3.78.